The molecule has 0 aliphatic carbocycles. The molecule has 4 nitrogen and oxygen atoms in total. The lowest BCUT2D eigenvalue weighted by atomic mass is 10.1. The lowest BCUT2D eigenvalue weighted by molar-refractivity contribution is 0.185. The van der Waals surface area contributed by atoms with Crippen LogP contribution in [0.1, 0.15) is 11.1 Å². The molecule has 0 atom stereocenters. The Hall–Kier alpha value is -1.94. The first-order chi connectivity index (χ1) is 8.38. The number of nitrogens with one attached hydrogen (secondary N) is 1. The molecule has 1 N–H and O–H groups in total. The Kier molecular flexibility index (Phi) is 4.05. The Bertz CT molecular complexity index is 459. The molecule has 0 radical (unpaired) electrons. The summed E-state index contributed by atoms with van der Waals surface area (Å²) in [6.07, 6.45) is 5.03. The molecule has 1 aromatic heterocycles. The third-order valence-corrected chi connectivity index (χ3v) is 2.36. The molecule has 0 saturated heterocycles. The number of methoxy groups -OCH3 is 1. The SMILES string of the molecule is COCc1cccc(CNc2cncnc2)c1. The zero-order valence-electron chi connectivity index (χ0n) is 9.76. The van der Waals surface area contributed by atoms with E-state index in [4.69, 9.17) is 4.74 Å². The van der Waals surface area contributed by atoms with Crippen molar-refractivity contribution in [2.45, 2.75) is 13.2 Å². The van der Waals surface area contributed by atoms with E-state index < -0.39 is 0 Å². The number of anilines is 1. The molecule has 1 aromatic carbocycles. The van der Waals surface area contributed by atoms with Crippen molar-refractivity contribution in [1.29, 1.82) is 0 Å². The molecule has 0 amide bonds. The van der Waals surface area contributed by atoms with Gasteiger partial charge in [-0.2, -0.15) is 0 Å². The second kappa shape index (κ2) is 5.96. The van der Waals surface area contributed by atoms with Gasteiger partial charge in [-0.1, -0.05) is 24.3 Å². The Morgan fingerprint density at radius 2 is 1.94 bits per heavy atom. The van der Waals surface area contributed by atoms with Gasteiger partial charge < -0.3 is 10.1 Å². The summed E-state index contributed by atoms with van der Waals surface area (Å²) in [6, 6.07) is 8.29. The number of nitrogens with zero attached hydrogens (tertiary/aromatic N) is 2. The summed E-state index contributed by atoms with van der Waals surface area (Å²) in [4.78, 5) is 7.90. The summed E-state index contributed by atoms with van der Waals surface area (Å²) in [5.74, 6) is 0. The van der Waals surface area contributed by atoms with Crippen molar-refractivity contribution in [2.24, 2.45) is 0 Å². The Labute approximate surface area is 101 Å². The average Bonchev–Trinajstić information content (AvgIpc) is 2.39. The predicted molar refractivity (Wildman–Crippen MR) is 66.5 cm³/mol. The third-order valence-electron chi connectivity index (χ3n) is 2.36. The molecule has 0 saturated carbocycles. The van der Waals surface area contributed by atoms with Crippen LogP contribution in [0.2, 0.25) is 0 Å². The molecule has 0 aliphatic heterocycles. The van der Waals surface area contributed by atoms with E-state index in [0.29, 0.717) is 6.61 Å². The first-order valence-electron chi connectivity index (χ1n) is 5.44. The molecule has 0 fully saturated rings. The molecule has 17 heavy (non-hydrogen) atoms. The van der Waals surface area contributed by atoms with Gasteiger partial charge in [0.05, 0.1) is 24.7 Å². The van der Waals surface area contributed by atoms with Crippen molar-refractivity contribution in [2.75, 3.05) is 12.4 Å². The normalized spacial score (nSPS) is 10.2. The molecule has 0 aliphatic rings. The molecule has 2 rings (SSSR count). The van der Waals surface area contributed by atoms with Gasteiger partial charge in [-0.15, -0.1) is 0 Å². The molecule has 1 heterocycles. The summed E-state index contributed by atoms with van der Waals surface area (Å²) in [5, 5.41) is 3.26. The van der Waals surface area contributed by atoms with Crippen LogP contribution in [0, 0.1) is 0 Å². The minimum atomic E-state index is 0.641. The smallest absolute Gasteiger partial charge is 0.115 e. The van der Waals surface area contributed by atoms with Gasteiger partial charge in [0.15, 0.2) is 0 Å². The topological polar surface area (TPSA) is 47.0 Å². The van der Waals surface area contributed by atoms with Gasteiger partial charge in [0.2, 0.25) is 0 Å². The Balaban J connectivity index is 1.97. The maximum Gasteiger partial charge on any atom is 0.115 e. The lowest BCUT2D eigenvalue weighted by Crippen LogP contribution is -2.01. The van der Waals surface area contributed by atoms with E-state index in [1.807, 2.05) is 6.07 Å². The van der Waals surface area contributed by atoms with Crippen molar-refractivity contribution in [3.05, 3.63) is 54.1 Å². The Morgan fingerprint density at radius 1 is 1.18 bits per heavy atom. The highest BCUT2D eigenvalue weighted by molar-refractivity contribution is 5.38. The minimum absolute atomic E-state index is 0.641. The van der Waals surface area contributed by atoms with Crippen LogP contribution in [-0.4, -0.2) is 17.1 Å². The van der Waals surface area contributed by atoms with Gasteiger partial charge in [-0.3, -0.25) is 0 Å². The first kappa shape index (κ1) is 11.5. The quantitative estimate of drug-likeness (QED) is 0.854. The van der Waals surface area contributed by atoms with Crippen LogP contribution in [0.15, 0.2) is 43.0 Å². The van der Waals surface area contributed by atoms with Gasteiger partial charge >= 0.3 is 0 Å². The number of benzene rings is 1. The van der Waals surface area contributed by atoms with E-state index in [2.05, 4.69) is 33.5 Å². The van der Waals surface area contributed by atoms with Crippen molar-refractivity contribution < 1.29 is 4.74 Å². The highest BCUT2D eigenvalue weighted by atomic mass is 16.5. The fourth-order valence-corrected chi connectivity index (χ4v) is 1.59. The molecule has 2 aromatic rings. The molecular weight excluding hydrogens is 214 g/mol. The van der Waals surface area contributed by atoms with Crippen LogP contribution < -0.4 is 5.32 Å². The van der Waals surface area contributed by atoms with Gasteiger partial charge in [-0.05, 0) is 11.1 Å². The summed E-state index contributed by atoms with van der Waals surface area (Å²) in [7, 11) is 1.70. The molecule has 0 unspecified atom stereocenters. The minimum Gasteiger partial charge on any atom is -0.380 e. The molecule has 88 valence electrons. The zero-order valence-corrected chi connectivity index (χ0v) is 9.76. The second-order valence-electron chi connectivity index (χ2n) is 3.73. The third kappa shape index (κ3) is 3.53. The average molecular weight is 229 g/mol. The van der Waals surface area contributed by atoms with Crippen LogP contribution in [0.5, 0.6) is 0 Å². The van der Waals surface area contributed by atoms with E-state index in [-0.39, 0.29) is 0 Å². The van der Waals surface area contributed by atoms with Crippen molar-refractivity contribution in [1.82, 2.24) is 9.97 Å². The van der Waals surface area contributed by atoms with E-state index >= 15 is 0 Å². The summed E-state index contributed by atoms with van der Waals surface area (Å²) in [5.41, 5.74) is 3.31. The standard InChI is InChI=1S/C13H15N3O/c1-17-9-12-4-2-3-11(5-12)6-16-13-7-14-10-15-8-13/h2-5,7-8,10,16H,6,9H2,1H3. The lowest BCUT2D eigenvalue weighted by Gasteiger charge is -2.07. The number of hydrogen-bond donors (Lipinski definition) is 1. The highest BCUT2D eigenvalue weighted by Gasteiger charge is 1.96. The largest absolute Gasteiger partial charge is 0.380 e. The van der Waals surface area contributed by atoms with Gasteiger partial charge in [0, 0.05) is 13.7 Å². The predicted octanol–water partition coefficient (Wildman–Crippen LogP) is 2.24. The second-order valence-corrected chi connectivity index (χ2v) is 3.73. The van der Waals surface area contributed by atoms with Crippen LogP contribution in [0.25, 0.3) is 0 Å². The summed E-state index contributed by atoms with van der Waals surface area (Å²) in [6.45, 7) is 1.40. The van der Waals surface area contributed by atoms with E-state index in [0.717, 1.165) is 12.2 Å². The number of hydrogen-bond acceptors (Lipinski definition) is 4. The van der Waals surface area contributed by atoms with Crippen LogP contribution >= 0.6 is 0 Å². The summed E-state index contributed by atoms with van der Waals surface area (Å²) < 4.78 is 5.11. The molecule has 0 bridgehead atoms. The monoisotopic (exact) mass is 229 g/mol. The molecular formula is C13H15N3O. The number of aromatic nitrogens is 2. The van der Waals surface area contributed by atoms with Crippen LogP contribution in [-0.2, 0) is 17.9 Å². The van der Waals surface area contributed by atoms with Crippen molar-refractivity contribution >= 4 is 5.69 Å². The van der Waals surface area contributed by atoms with Crippen LogP contribution in [0.4, 0.5) is 5.69 Å². The van der Waals surface area contributed by atoms with Gasteiger partial charge in [0.25, 0.3) is 0 Å². The fourth-order valence-electron chi connectivity index (χ4n) is 1.59. The first-order valence-corrected chi connectivity index (χ1v) is 5.44. The maximum atomic E-state index is 5.11. The fraction of sp³-hybridized carbons (Fsp3) is 0.231. The number of ether oxygens (including phenoxy) is 1. The maximum absolute atomic E-state index is 5.11. The van der Waals surface area contributed by atoms with E-state index in [1.54, 1.807) is 19.5 Å². The van der Waals surface area contributed by atoms with Crippen molar-refractivity contribution in [3.63, 3.8) is 0 Å². The van der Waals surface area contributed by atoms with E-state index in [9.17, 15) is 0 Å². The van der Waals surface area contributed by atoms with Gasteiger partial charge in [-0.25, -0.2) is 9.97 Å². The number of rotatable bonds is 5. The highest BCUT2D eigenvalue weighted by Crippen LogP contribution is 2.09. The van der Waals surface area contributed by atoms with E-state index in [1.165, 1.54) is 17.5 Å². The zero-order chi connectivity index (χ0) is 11.9. The van der Waals surface area contributed by atoms with Gasteiger partial charge in [0.1, 0.15) is 6.33 Å². The van der Waals surface area contributed by atoms with Crippen LogP contribution in [0.3, 0.4) is 0 Å². The molecule has 4 heteroatoms. The summed E-state index contributed by atoms with van der Waals surface area (Å²) >= 11 is 0. The Morgan fingerprint density at radius 3 is 2.71 bits per heavy atom. The molecule has 0 spiro atoms. The van der Waals surface area contributed by atoms with Crippen molar-refractivity contribution in [3.8, 4) is 0 Å².